The summed E-state index contributed by atoms with van der Waals surface area (Å²) in [5, 5.41) is 0. The fourth-order valence-electron chi connectivity index (χ4n) is 2.21. The summed E-state index contributed by atoms with van der Waals surface area (Å²) in [6.07, 6.45) is 8.05. The maximum Gasteiger partial charge on any atom is 0.110 e. The molecule has 0 aliphatic heterocycles. The summed E-state index contributed by atoms with van der Waals surface area (Å²) in [4.78, 5) is 8.07. The molecule has 1 aliphatic carbocycles. The van der Waals surface area contributed by atoms with E-state index in [1.54, 1.807) is 0 Å². The molecule has 0 saturated carbocycles. The third-order valence-corrected chi connectivity index (χ3v) is 3.06. The quantitative estimate of drug-likeness (QED) is 0.699. The van der Waals surface area contributed by atoms with Gasteiger partial charge in [0.25, 0.3) is 0 Å². The van der Waals surface area contributed by atoms with Gasteiger partial charge in [0.15, 0.2) is 0 Å². The normalized spacial score (nSPS) is 20.9. The number of nitrogens with one attached hydrogen (secondary N) is 1. The zero-order chi connectivity index (χ0) is 10.1. The molecular formula is C13H14N2. The predicted molar refractivity (Wildman–Crippen MR) is 61.8 cm³/mol. The highest BCUT2D eigenvalue weighted by Crippen LogP contribution is 2.28. The number of hydrogen-bond donors (Lipinski definition) is 1. The first kappa shape index (κ1) is 8.72. The lowest BCUT2D eigenvalue weighted by molar-refractivity contribution is 0.590. The van der Waals surface area contributed by atoms with Crippen LogP contribution in [0.3, 0.4) is 0 Å². The molecule has 76 valence electrons. The number of allylic oxidation sites excluding steroid dienone is 2. The minimum atomic E-state index is 0.586. The summed E-state index contributed by atoms with van der Waals surface area (Å²) in [5.41, 5.74) is 2.24. The highest BCUT2D eigenvalue weighted by atomic mass is 14.9. The van der Waals surface area contributed by atoms with Crippen molar-refractivity contribution in [3.05, 3.63) is 42.2 Å². The van der Waals surface area contributed by atoms with Gasteiger partial charge in [-0.1, -0.05) is 24.3 Å². The second kappa shape index (κ2) is 3.54. The smallest absolute Gasteiger partial charge is 0.110 e. The molecule has 1 atom stereocenters. The first-order valence-electron chi connectivity index (χ1n) is 5.53. The van der Waals surface area contributed by atoms with E-state index in [1.807, 2.05) is 12.1 Å². The van der Waals surface area contributed by atoms with E-state index in [2.05, 4.69) is 34.3 Å². The van der Waals surface area contributed by atoms with Gasteiger partial charge in [0, 0.05) is 5.92 Å². The van der Waals surface area contributed by atoms with Crippen molar-refractivity contribution in [1.82, 2.24) is 9.97 Å². The van der Waals surface area contributed by atoms with Gasteiger partial charge in [-0.05, 0) is 31.4 Å². The van der Waals surface area contributed by atoms with Crippen LogP contribution in [0.1, 0.15) is 31.0 Å². The number of hydrogen-bond acceptors (Lipinski definition) is 1. The van der Waals surface area contributed by atoms with E-state index in [4.69, 9.17) is 0 Å². The molecule has 0 spiro atoms. The van der Waals surface area contributed by atoms with Crippen LogP contribution in [0.4, 0.5) is 0 Å². The second-order valence-corrected chi connectivity index (χ2v) is 4.12. The Morgan fingerprint density at radius 2 is 2.13 bits per heavy atom. The van der Waals surface area contributed by atoms with Crippen molar-refractivity contribution in [2.75, 3.05) is 0 Å². The van der Waals surface area contributed by atoms with E-state index < -0.39 is 0 Å². The van der Waals surface area contributed by atoms with Gasteiger partial charge in [-0.15, -0.1) is 0 Å². The minimum Gasteiger partial charge on any atom is -0.342 e. The first-order valence-corrected chi connectivity index (χ1v) is 5.53. The first-order chi connectivity index (χ1) is 7.43. The number of aromatic nitrogens is 2. The van der Waals surface area contributed by atoms with Crippen LogP contribution >= 0.6 is 0 Å². The fourth-order valence-corrected chi connectivity index (χ4v) is 2.21. The number of aromatic amines is 1. The van der Waals surface area contributed by atoms with E-state index in [0.717, 1.165) is 23.3 Å². The highest BCUT2D eigenvalue weighted by molar-refractivity contribution is 5.74. The van der Waals surface area contributed by atoms with Crippen molar-refractivity contribution in [1.29, 1.82) is 0 Å². The number of imidazole rings is 1. The van der Waals surface area contributed by atoms with Gasteiger partial charge in [-0.2, -0.15) is 0 Å². The molecule has 1 aromatic heterocycles. The number of fused-ring (bicyclic) bond motifs is 1. The van der Waals surface area contributed by atoms with Gasteiger partial charge < -0.3 is 4.98 Å². The topological polar surface area (TPSA) is 28.7 Å². The molecule has 2 heteroatoms. The van der Waals surface area contributed by atoms with E-state index in [1.165, 1.54) is 12.8 Å². The maximum atomic E-state index is 4.65. The summed E-state index contributed by atoms with van der Waals surface area (Å²) in [6, 6.07) is 8.23. The summed E-state index contributed by atoms with van der Waals surface area (Å²) in [7, 11) is 0. The summed E-state index contributed by atoms with van der Waals surface area (Å²) < 4.78 is 0. The molecule has 0 saturated heterocycles. The SMILES string of the molecule is C1=CC[C@@H](c2nc3ccccc3[nH]2)CC1. The molecule has 0 unspecified atom stereocenters. The molecule has 3 rings (SSSR count). The van der Waals surface area contributed by atoms with Gasteiger partial charge in [0.1, 0.15) is 5.82 Å². The van der Waals surface area contributed by atoms with E-state index in [-0.39, 0.29) is 0 Å². The van der Waals surface area contributed by atoms with E-state index in [9.17, 15) is 0 Å². The lowest BCUT2D eigenvalue weighted by Gasteiger charge is -2.14. The molecule has 0 fully saturated rings. The van der Waals surface area contributed by atoms with Crippen molar-refractivity contribution in [2.45, 2.75) is 25.2 Å². The molecule has 0 bridgehead atoms. The summed E-state index contributed by atoms with van der Waals surface area (Å²) >= 11 is 0. The average Bonchev–Trinajstić information content (AvgIpc) is 2.74. The molecule has 1 heterocycles. The van der Waals surface area contributed by atoms with Gasteiger partial charge in [0.05, 0.1) is 11.0 Å². The third kappa shape index (κ3) is 1.56. The number of rotatable bonds is 1. The third-order valence-electron chi connectivity index (χ3n) is 3.06. The molecular weight excluding hydrogens is 184 g/mol. The van der Waals surface area contributed by atoms with Gasteiger partial charge in [-0.25, -0.2) is 4.98 Å². The second-order valence-electron chi connectivity index (χ2n) is 4.12. The van der Waals surface area contributed by atoms with Gasteiger partial charge in [0.2, 0.25) is 0 Å². The monoisotopic (exact) mass is 198 g/mol. The van der Waals surface area contributed by atoms with Crippen molar-refractivity contribution >= 4 is 11.0 Å². The van der Waals surface area contributed by atoms with E-state index >= 15 is 0 Å². The average molecular weight is 198 g/mol. The molecule has 1 N–H and O–H groups in total. The Balaban J connectivity index is 2.00. The minimum absolute atomic E-state index is 0.586. The predicted octanol–water partition coefficient (Wildman–Crippen LogP) is 3.39. The van der Waals surface area contributed by atoms with Crippen LogP contribution in [0.2, 0.25) is 0 Å². The molecule has 0 radical (unpaired) electrons. The maximum absolute atomic E-state index is 4.65. The molecule has 2 nitrogen and oxygen atoms in total. The largest absolute Gasteiger partial charge is 0.342 e. The zero-order valence-electron chi connectivity index (χ0n) is 8.61. The Labute approximate surface area is 89.0 Å². The number of benzene rings is 1. The number of H-pyrrole nitrogens is 1. The van der Waals surface area contributed by atoms with Gasteiger partial charge in [-0.3, -0.25) is 0 Å². The van der Waals surface area contributed by atoms with Crippen LogP contribution in [0, 0.1) is 0 Å². The lowest BCUT2D eigenvalue weighted by atomic mass is 9.94. The Bertz CT molecular complexity index is 463. The van der Waals surface area contributed by atoms with Crippen LogP contribution in [0.15, 0.2) is 36.4 Å². The van der Waals surface area contributed by atoms with Crippen LogP contribution in [-0.2, 0) is 0 Å². The molecule has 0 amide bonds. The molecule has 1 aromatic carbocycles. The Morgan fingerprint density at radius 3 is 2.93 bits per heavy atom. The highest BCUT2D eigenvalue weighted by Gasteiger charge is 2.15. The van der Waals surface area contributed by atoms with E-state index in [0.29, 0.717) is 5.92 Å². The summed E-state index contributed by atoms with van der Waals surface area (Å²) in [5.74, 6) is 1.74. The molecule has 1 aliphatic rings. The lowest BCUT2D eigenvalue weighted by Crippen LogP contribution is -2.02. The van der Waals surface area contributed by atoms with Gasteiger partial charge >= 0.3 is 0 Å². The van der Waals surface area contributed by atoms with Crippen molar-refractivity contribution < 1.29 is 0 Å². The molecule has 2 aromatic rings. The zero-order valence-corrected chi connectivity index (χ0v) is 8.61. The number of para-hydroxylation sites is 2. The van der Waals surface area contributed by atoms with Crippen LogP contribution in [-0.4, -0.2) is 9.97 Å². The van der Waals surface area contributed by atoms with Crippen LogP contribution < -0.4 is 0 Å². The van der Waals surface area contributed by atoms with Crippen LogP contribution in [0.5, 0.6) is 0 Å². The fraction of sp³-hybridized carbons (Fsp3) is 0.308. The van der Waals surface area contributed by atoms with Crippen molar-refractivity contribution in [3.63, 3.8) is 0 Å². The number of nitrogens with zero attached hydrogens (tertiary/aromatic N) is 1. The Hall–Kier alpha value is -1.57. The Morgan fingerprint density at radius 1 is 1.20 bits per heavy atom. The van der Waals surface area contributed by atoms with Crippen LogP contribution in [0.25, 0.3) is 11.0 Å². The summed E-state index contributed by atoms with van der Waals surface area (Å²) in [6.45, 7) is 0. The molecule has 15 heavy (non-hydrogen) atoms. The van der Waals surface area contributed by atoms with Crippen molar-refractivity contribution in [2.24, 2.45) is 0 Å². The Kier molecular flexibility index (Phi) is 2.05. The van der Waals surface area contributed by atoms with Crippen molar-refractivity contribution in [3.8, 4) is 0 Å². The standard InChI is InChI=1S/C13H14N2/c1-2-6-10(7-3-1)13-14-11-8-4-5-9-12(11)15-13/h1-2,4-5,8-10H,3,6-7H2,(H,14,15)/t10-/m1/s1.